The number of nitrogens with two attached hydrogens (primary N) is 1. The Morgan fingerprint density at radius 2 is 1.70 bits per heavy atom. The Bertz CT molecular complexity index is 708. The second kappa shape index (κ2) is 10.2. The van der Waals surface area contributed by atoms with E-state index in [1.54, 1.807) is 14.0 Å². The van der Waals surface area contributed by atoms with Gasteiger partial charge in [0.15, 0.2) is 5.78 Å². The second-order valence-corrected chi connectivity index (χ2v) is 7.13. The fourth-order valence-electron chi connectivity index (χ4n) is 2.62. The van der Waals surface area contributed by atoms with Crippen LogP contribution >= 0.6 is 0 Å². The van der Waals surface area contributed by atoms with Crippen molar-refractivity contribution in [2.45, 2.75) is 38.3 Å². The van der Waals surface area contributed by atoms with E-state index in [4.69, 9.17) is 20.3 Å². The predicted octanol–water partition coefficient (Wildman–Crippen LogP) is 3.13. The van der Waals surface area contributed by atoms with Crippen molar-refractivity contribution in [2.75, 3.05) is 20.3 Å². The molecule has 1 atom stereocenters. The number of ether oxygens (including phenoxy) is 2. The number of benzene rings is 2. The third kappa shape index (κ3) is 7.13. The third-order valence-electron chi connectivity index (χ3n) is 4.37. The highest BCUT2D eigenvalue weighted by Crippen LogP contribution is 2.15. The van der Waals surface area contributed by atoms with Crippen LogP contribution in [0.15, 0.2) is 48.5 Å². The summed E-state index contributed by atoms with van der Waals surface area (Å²) in [5.41, 5.74) is 7.97. The molecule has 0 spiro atoms. The fraction of sp³-hybridized carbons (Fsp3) is 0.409. The Kier molecular flexibility index (Phi) is 7.98. The van der Waals surface area contributed by atoms with Gasteiger partial charge in [-0.25, -0.2) is 0 Å². The maximum absolute atomic E-state index is 12.3. The average Bonchev–Trinajstić information content (AvgIpc) is 2.69. The smallest absolute Gasteiger partial charge is 0.162 e. The van der Waals surface area contributed by atoms with Crippen LogP contribution < -0.4 is 10.5 Å². The van der Waals surface area contributed by atoms with E-state index in [1.807, 2.05) is 48.5 Å². The standard InChI is InChI=1S/C22H29NO4/c1-22(23,15-24)16-27-14-18-6-10-19(11-7-18)21(25)5-3-4-17-8-12-20(26-2)13-9-17/h6-13,24H,3-5,14-16,23H2,1-2H3. The summed E-state index contributed by atoms with van der Waals surface area (Å²) in [6.45, 7) is 2.28. The SMILES string of the molecule is COc1ccc(CCCC(=O)c2ccc(COCC(C)(N)CO)cc2)cc1. The Labute approximate surface area is 161 Å². The first-order chi connectivity index (χ1) is 12.9. The van der Waals surface area contributed by atoms with Crippen LogP contribution in [0.4, 0.5) is 0 Å². The Morgan fingerprint density at radius 3 is 2.30 bits per heavy atom. The lowest BCUT2D eigenvalue weighted by Gasteiger charge is -2.21. The molecule has 2 aromatic carbocycles. The van der Waals surface area contributed by atoms with Gasteiger partial charge in [-0.2, -0.15) is 0 Å². The number of carbonyl (C=O) groups is 1. The molecule has 2 rings (SSSR count). The minimum absolute atomic E-state index is 0.128. The lowest BCUT2D eigenvalue weighted by Crippen LogP contribution is -2.44. The van der Waals surface area contributed by atoms with Crippen molar-refractivity contribution >= 4 is 5.78 Å². The first kappa shape index (κ1) is 21.1. The van der Waals surface area contributed by atoms with Crippen LogP contribution in [0.5, 0.6) is 5.75 Å². The zero-order chi connectivity index (χ0) is 19.7. The van der Waals surface area contributed by atoms with E-state index in [9.17, 15) is 4.79 Å². The first-order valence-electron chi connectivity index (χ1n) is 9.16. The number of aliphatic hydroxyl groups is 1. The van der Waals surface area contributed by atoms with Gasteiger partial charge in [0.25, 0.3) is 0 Å². The summed E-state index contributed by atoms with van der Waals surface area (Å²) in [6, 6.07) is 15.4. The monoisotopic (exact) mass is 371 g/mol. The maximum atomic E-state index is 12.3. The van der Waals surface area contributed by atoms with Crippen LogP contribution in [0.25, 0.3) is 0 Å². The average molecular weight is 371 g/mol. The number of Topliss-reactive ketones (excluding diaryl/α,β-unsaturated/α-hetero) is 1. The van der Waals surface area contributed by atoms with Crippen LogP contribution in [0, 0.1) is 0 Å². The zero-order valence-corrected chi connectivity index (χ0v) is 16.1. The van der Waals surface area contributed by atoms with Gasteiger partial charge in [-0.05, 0) is 43.0 Å². The Morgan fingerprint density at radius 1 is 1.07 bits per heavy atom. The Hall–Kier alpha value is -2.21. The normalized spacial score (nSPS) is 13.2. The van der Waals surface area contributed by atoms with Crippen LogP contribution in [0.1, 0.15) is 41.3 Å². The molecule has 0 bridgehead atoms. The molecule has 0 fully saturated rings. The highest BCUT2D eigenvalue weighted by atomic mass is 16.5. The van der Waals surface area contributed by atoms with E-state index in [2.05, 4.69) is 0 Å². The van der Waals surface area contributed by atoms with Crippen molar-refractivity contribution in [1.29, 1.82) is 0 Å². The van der Waals surface area contributed by atoms with Gasteiger partial charge in [0.05, 0.1) is 32.5 Å². The number of hydrogen-bond donors (Lipinski definition) is 2. The van der Waals surface area contributed by atoms with Crippen molar-refractivity contribution in [3.05, 3.63) is 65.2 Å². The number of methoxy groups -OCH3 is 1. The third-order valence-corrected chi connectivity index (χ3v) is 4.37. The number of aliphatic hydroxyl groups excluding tert-OH is 1. The van der Waals surface area contributed by atoms with Crippen molar-refractivity contribution in [2.24, 2.45) is 5.73 Å². The molecule has 1 unspecified atom stereocenters. The molecule has 3 N–H and O–H groups in total. The van der Waals surface area contributed by atoms with Crippen molar-refractivity contribution in [1.82, 2.24) is 0 Å². The minimum Gasteiger partial charge on any atom is -0.497 e. The summed E-state index contributed by atoms with van der Waals surface area (Å²) in [6.07, 6.45) is 2.19. The largest absolute Gasteiger partial charge is 0.497 e. The number of rotatable bonds is 11. The quantitative estimate of drug-likeness (QED) is 0.593. The molecule has 0 aliphatic heterocycles. The van der Waals surface area contributed by atoms with Crippen LogP contribution in [-0.4, -0.2) is 36.8 Å². The molecule has 5 heteroatoms. The molecule has 0 aromatic heterocycles. The van der Waals surface area contributed by atoms with Gasteiger partial charge in [-0.1, -0.05) is 36.4 Å². The van der Waals surface area contributed by atoms with Crippen molar-refractivity contribution in [3.63, 3.8) is 0 Å². The van der Waals surface area contributed by atoms with Gasteiger partial charge in [-0.15, -0.1) is 0 Å². The molecule has 0 heterocycles. The highest BCUT2D eigenvalue weighted by Gasteiger charge is 2.16. The maximum Gasteiger partial charge on any atom is 0.162 e. The van der Waals surface area contributed by atoms with E-state index >= 15 is 0 Å². The van der Waals surface area contributed by atoms with Gasteiger partial charge >= 0.3 is 0 Å². The molecule has 0 saturated carbocycles. The van der Waals surface area contributed by atoms with E-state index in [-0.39, 0.29) is 19.0 Å². The molecule has 0 amide bonds. The van der Waals surface area contributed by atoms with Gasteiger partial charge in [-0.3, -0.25) is 4.79 Å². The summed E-state index contributed by atoms with van der Waals surface area (Å²) in [4.78, 5) is 12.3. The molecule has 0 aliphatic rings. The molecule has 2 aromatic rings. The number of ketones is 1. The zero-order valence-electron chi connectivity index (χ0n) is 16.1. The van der Waals surface area contributed by atoms with Crippen molar-refractivity contribution in [3.8, 4) is 5.75 Å². The molecule has 0 saturated heterocycles. The Balaban J connectivity index is 1.75. The van der Waals surface area contributed by atoms with Gasteiger partial charge in [0, 0.05) is 12.0 Å². The van der Waals surface area contributed by atoms with E-state index in [0.29, 0.717) is 18.6 Å². The van der Waals surface area contributed by atoms with E-state index in [0.717, 1.165) is 24.2 Å². The molecule has 0 radical (unpaired) electrons. The molecule has 27 heavy (non-hydrogen) atoms. The van der Waals surface area contributed by atoms with Crippen LogP contribution in [-0.2, 0) is 17.8 Å². The lowest BCUT2D eigenvalue weighted by atomic mass is 10.0. The van der Waals surface area contributed by atoms with Gasteiger partial charge in [0.2, 0.25) is 0 Å². The second-order valence-electron chi connectivity index (χ2n) is 7.13. The van der Waals surface area contributed by atoms with E-state index < -0.39 is 5.54 Å². The molecule has 146 valence electrons. The molecule has 5 nitrogen and oxygen atoms in total. The first-order valence-corrected chi connectivity index (χ1v) is 9.16. The number of carbonyl (C=O) groups excluding carboxylic acids is 1. The fourth-order valence-corrected chi connectivity index (χ4v) is 2.62. The summed E-state index contributed by atoms with van der Waals surface area (Å²) in [7, 11) is 1.65. The van der Waals surface area contributed by atoms with Crippen LogP contribution in [0.2, 0.25) is 0 Å². The summed E-state index contributed by atoms with van der Waals surface area (Å²) in [5, 5.41) is 9.11. The summed E-state index contributed by atoms with van der Waals surface area (Å²) in [5.74, 6) is 0.983. The summed E-state index contributed by atoms with van der Waals surface area (Å²) >= 11 is 0. The topological polar surface area (TPSA) is 81.8 Å². The van der Waals surface area contributed by atoms with E-state index in [1.165, 1.54) is 5.56 Å². The summed E-state index contributed by atoms with van der Waals surface area (Å²) < 4.78 is 10.7. The molecular formula is C22H29NO4. The van der Waals surface area contributed by atoms with Crippen molar-refractivity contribution < 1.29 is 19.4 Å². The van der Waals surface area contributed by atoms with Gasteiger partial charge < -0.3 is 20.3 Å². The van der Waals surface area contributed by atoms with Gasteiger partial charge in [0.1, 0.15) is 5.75 Å². The molecular weight excluding hydrogens is 342 g/mol. The minimum atomic E-state index is -0.736. The number of aryl methyl sites for hydroxylation is 1. The lowest BCUT2D eigenvalue weighted by molar-refractivity contribution is 0.0535. The molecule has 0 aliphatic carbocycles. The predicted molar refractivity (Wildman–Crippen MR) is 106 cm³/mol. The number of hydrogen-bond acceptors (Lipinski definition) is 5. The highest BCUT2D eigenvalue weighted by molar-refractivity contribution is 5.96. The van der Waals surface area contributed by atoms with Crippen LogP contribution in [0.3, 0.4) is 0 Å².